The summed E-state index contributed by atoms with van der Waals surface area (Å²) in [4.78, 5) is 11.5. The fourth-order valence-corrected chi connectivity index (χ4v) is 2.45. The molecular formula is C17H26O3. The van der Waals surface area contributed by atoms with E-state index in [-0.39, 0.29) is 22.5 Å². The Bertz CT molecular complexity index is 529. The van der Waals surface area contributed by atoms with Crippen molar-refractivity contribution in [2.75, 3.05) is 0 Å². The van der Waals surface area contributed by atoms with Crippen LogP contribution in [0.1, 0.15) is 65.2 Å². The maximum atomic E-state index is 11.5. The van der Waals surface area contributed by atoms with Gasteiger partial charge in [-0.1, -0.05) is 41.5 Å². The van der Waals surface area contributed by atoms with Gasteiger partial charge in [-0.3, -0.25) is 4.79 Å². The van der Waals surface area contributed by atoms with E-state index in [1.165, 1.54) is 6.92 Å². The van der Waals surface area contributed by atoms with Crippen LogP contribution in [0.4, 0.5) is 0 Å². The minimum Gasteiger partial charge on any atom is -0.508 e. The Balaban J connectivity index is 3.79. The van der Waals surface area contributed by atoms with Crippen molar-refractivity contribution in [2.45, 2.75) is 66.2 Å². The first-order valence-corrected chi connectivity index (χ1v) is 6.91. The Morgan fingerprint density at radius 2 is 1.60 bits per heavy atom. The van der Waals surface area contributed by atoms with E-state index in [9.17, 15) is 9.90 Å². The van der Waals surface area contributed by atoms with E-state index in [2.05, 4.69) is 0 Å². The van der Waals surface area contributed by atoms with Crippen molar-refractivity contribution in [2.24, 2.45) is 0 Å². The molecule has 1 aromatic rings. The molecule has 0 atom stereocenters. The molecule has 1 aromatic carbocycles. The summed E-state index contributed by atoms with van der Waals surface area (Å²) in [6, 6.07) is 1.71. The van der Waals surface area contributed by atoms with Crippen LogP contribution in [-0.2, 0) is 15.6 Å². The molecule has 3 nitrogen and oxygen atoms in total. The molecule has 20 heavy (non-hydrogen) atoms. The number of esters is 1. The largest absolute Gasteiger partial charge is 0.508 e. The summed E-state index contributed by atoms with van der Waals surface area (Å²) in [6.45, 7) is 15.5. The number of phenols is 1. The molecule has 0 aromatic heterocycles. The van der Waals surface area contributed by atoms with E-state index in [0.29, 0.717) is 5.75 Å². The normalized spacial score (nSPS) is 12.4. The highest BCUT2D eigenvalue weighted by Crippen LogP contribution is 2.44. The summed E-state index contributed by atoms with van der Waals surface area (Å²) in [6.07, 6.45) is 0. The molecule has 0 amide bonds. The topological polar surface area (TPSA) is 46.5 Å². The van der Waals surface area contributed by atoms with Gasteiger partial charge in [-0.05, 0) is 29.4 Å². The molecule has 0 aliphatic heterocycles. The molecular weight excluding hydrogens is 252 g/mol. The quantitative estimate of drug-likeness (QED) is 0.618. The van der Waals surface area contributed by atoms with Gasteiger partial charge in [-0.25, -0.2) is 0 Å². The third-order valence-corrected chi connectivity index (χ3v) is 3.32. The lowest BCUT2D eigenvalue weighted by Gasteiger charge is -2.31. The minimum absolute atomic E-state index is 0.226. The van der Waals surface area contributed by atoms with Gasteiger partial charge in [0.25, 0.3) is 0 Å². The van der Waals surface area contributed by atoms with Crippen molar-refractivity contribution >= 4 is 5.97 Å². The first-order valence-electron chi connectivity index (χ1n) is 6.91. The second-order valence-corrected chi connectivity index (χ2v) is 7.37. The third-order valence-electron chi connectivity index (χ3n) is 3.32. The highest BCUT2D eigenvalue weighted by atomic mass is 16.5. The smallest absolute Gasteiger partial charge is 0.308 e. The third kappa shape index (κ3) is 3.33. The number of benzene rings is 1. The molecule has 0 saturated carbocycles. The fourth-order valence-electron chi connectivity index (χ4n) is 2.45. The first kappa shape index (κ1) is 16.5. The zero-order valence-corrected chi connectivity index (χ0v) is 13.8. The number of hydrogen-bond acceptors (Lipinski definition) is 3. The van der Waals surface area contributed by atoms with E-state index < -0.39 is 0 Å². The van der Waals surface area contributed by atoms with Crippen molar-refractivity contribution < 1.29 is 14.6 Å². The Hall–Kier alpha value is -1.51. The van der Waals surface area contributed by atoms with Crippen LogP contribution in [-0.4, -0.2) is 11.1 Å². The van der Waals surface area contributed by atoms with Crippen LogP contribution in [0.25, 0.3) is 0 Å². The average Bonchev–Trinajstić information content (AvgIpc) is 2.18. The summed E-state index contributed by atoms with van der Waals surface area (Å²) < 4.78 is 5.52. The summed E-state index contributed by atoms with van der Waals surface area (Å²) in [7, 11) is 0. The van der Waals surface area contributed by atoms with Crippen LogP contribution in [0.2, 0.25) is 0 Å². The fraction of sp³-hybridized carbons (Fsp3) is 0.588. The second-order valence-electron chi connectivity index (χ2n) is 7.37. The number of carbonyl (C=O) groups excluding carboxylic acids is 1. The summed E-state index contributed by atoms with van der Waals surface area (Å²) >= 11 is 0. The predicted molar refractivity (Wildman–Crippen MR) is 81.6 cm³/mol. The number of rotatable bonds is 1. The maximum absolute atomic E-state index is 11.5. The van der Waals surface area contributed by atoms with Gasteiger partial charge in [0.1, 0.15) is 11.5 Å². The summed E-state index contributed by atoms with van der Waals surface area (Å²) in [5.74, 6) is 0.495. The van der Waals surface area contributed by atoms with Crippen LogP contribution in [0.15, 0.2) is 6.07 Å². The second kappa shape index (κ2) is 5.12. The monoisotopic (exact) mass is 278 g/mol. The van der Waals surface area contributed by atoms with Crippen molar-refractivity contribution in [1.29, 1.82) is 0 Å². The molecule has 112 valence electrons. The van der Waals surface area contributed by atoms with E-state index in [0.717, 1.165) is 16.7 Å². The van der Waals surface area contributed by atoms with Crippen LogP contribution >= 0.6 is 0 Å². The van der Waals surface area contributed by atoms with Crippen LogP contribution in [0.5, 0.6) is 11.5 Å². The van der Waals surface area contributed by atoms with Crippen LogP contribution in [0.3, 0.4) is 0 Å². The van der Waals surface area contributed by atoms with Gasteiger partial charge in [-0.2, -0.15) is 0 Å². The van der Waals surface area contributed by atoms with E-state index in [4.69, 9.17) is 4.74 Å². The Kier molecular flexibility index (Phi) is 4.23. The zero-order valence-electron chi connectivity index (χ0n) is 13.8. The Morgan fingerprint density at radius 1 is 1.10 bits per heavy atom. The number of aromatic hydroxyl groups is 1. The van der Waals surface area contributed by atoms with Crippen molar-refractivity contribution in [3.05, 3.63) is 22.8 Å². The number of hydrogen-bond donors (Lipinski definition) is 1. The summed E-state index contributed by atoms with van der Waals surface area (Å²) in [5, 5.41) is 10.2. The van der Waals surface area contributed by atoms with Crippen molar-refractivity contribution in [1.82, 2.24) is 0 Å². The zero-order chi connectivity index (χ0) is 15.9. The molecule has 0 spiro atoms. The van der Waals surface area contributed by atoms with E-state index in [1.807, 2.05) is 48.5 Å². The van der Waals surface area contributed by atoms with Crippen molar-refractivity contribution in [3.8, 4) is 11.5 Å². The molecule has 1 rings (SSSR count). The first-order chi connectivity index (χ1) is 8.85. The standard InChI is InChI=1S/C17H26O3/c1-10-13(19)9-12(16(3,4)5)15(20-11(2)18)14(10)17(6,7)8/h9,19H,1-8H3. The highest BCUT2D eigenvalue weighted by Gasteiger charge is 2.31. The van der Waals surface area contributed by atoms with Gasteiger partial charge >= 0.3 is 5.97 Å². The Labute approximate surface area is 122 Å². The van der Waals surface area contributed by atoms with Crippen LogP contribution < -0.4 is 4.74 Å². The molecule has 0 bridgehead atoms. The number of ether oxygens (including phenoxy) is 1. The molecule has 0 aliphatic rings. The molecule has 3 heteroatoms. The van der Waals surface area contributed by atoms with Gasteiger partial charge in [-0.15, -0.1) is 0 Å². The highest BCUT2D eigenvalue weighted by molar-refractivity contribution is 5.72. The van der Waals surface area contributed by atoms with Crippen LogP contribution in [0, 0.1) is 6.92 Å². The minimum atomic E-state index is -0.342. The maximum Gasteiger partial charge on any atom is 0.308 e. The van der Waals surface area contributed by atoms with Gasteiger partial charge in [0.05, 0.1) is 0 Å². The van der Waals surface area contributed by atoms with E-state index in [1.54, 1.807) is 6.07 Å². The molecule has 0 radical (unpaired) electrons. The van der Waals surface area contributed by atoms with E-state index >= 15 is 0 Å². The van der Waals surface area contributed by atoms with Crippen molar-refractivity contribution in [3.63, 3.8) is 0 Å². The Morgan fingerprint density at radius 3 is 1.95 bits per heavy atom. The molecule has 0 heterocycles. The molecule has 0 saturated heterocycles. The van der Waals surface area contributed by atoms with Gasteiger partial charge < -0.3 is 9.84 Å². The predicted octanol–water partition coefficient (Wildman–Crippen LogP) is 4.22. The number of carbonyl (C=O) groups is 1. The molecule has 0 unspecified atom stereocenters. The lowest BCUT2D eigenvalue weighted by Crippen LogP contribution is -2.22. The lowest BCUT2D eigenvalue weighted by atomic mass is 9.77. The van der Waals surface area contributed by atoms with Gasteiger partial charge in [0, 0.05) is 18.1 Å². The summed E-state index contributed by atoms with van der Waals surface area (Å²) in [5.41, 5.74) is 2.05. The number of phenolic OH excluding ortho intramolecular Hbond substituents is 1. The van der Waals surface area contributed by atoms with Gasteiger partial charge in [0.2, 0.25) is 0 Å². The molecule has 0 fully saturated rings. The molecule has 0 aliphatic carbocycles. The lowest BCUT2D eigenvalue weighted by molar-refractivity contribution is -0.132. The SMILES string of the molecule is CC(=O)Oc1c(C(C)(C)C)cc(O)c(C)c1C(C)(C)C. The molecule has 1 N–H and O–H groups in total. The van der Waals surface area contributed by atoms with Gasteiger partial charge in [0.15, 0.2) is 0 Å². The average molecular weight is 278 g/mol.